The predicted molar refractivity (Wildman–Crippen MR) is 109 cm³/mol. The maximum absolute atomic E-state index is 12.7. The Morgan fingerprint density at radius 1 is 1.13 bits per heavy atom. The zero-order valence-electron chi connectivity index (χ0n) is 16.1. The normalized spacial score (nSPS) is 11.1. The molecule has 0 amide bonds. The van der Waals surface area contributed by atoms with Crippen LogP contribution in [0.3, 0.4) is 0 Å². The summed E-state index contributed by atoms with van der Waals surface area (Å²) in [5.74, 6) is 0.790. The molecule has 5 nitrogen and oxygen atoms in total. The molecule has 0 saturated heterocycles. The van der Waals surface area contributed by atoms with Gasteiger partial charge >= 0.3 is 11.9 Å². The van der Waals surface area contributed by atoms with Gasteiger partial charge < -0.3 is 10.9 Å². The van der Waals surface area contributed by atoms with Crippen LogP contribution in [0.1, 0.15) is 27.2 Å². The fourth-order valence-corrected chi connectivity index (χ4v) is 2.57. The van der Waals surface area contributed by atoms with Crippen molar-refractivity contribution in [3.8, 4) is 11.1 Å². The Morgan fingerprint density at radius 3 is 2.40 bits per heavy atom. The second kappa shape index (κ2) is 10.2. The first kappa shape index (κ1) is 22.6. The summed E-state index contributed by atoms with van der Waals surface area (Å²) in [6.45, 7) is -0.0890. The Hall–Kier alpha value is -3.68. The molecule has 0 atom stereocenters. The van der Waals surface area contributed by atoms with Crippen LogP contribution in [-0.4, -0.2) is 28.9 Å². The van der Waals surface area contributed by atoms with E-state index in [0.29, 0.717) is 5.69 Å². The van der Waals surface area contributed by atoms with Gasteiger partial charge in [-0.15, -0.1) is 0 Å². The molecule has 3 aromatic rings. The summed E-state index contributed by atoms with van der Waals surface area (Å²) in [7, 11) is 0. The summed E-state index contributed by atoms with van der Waals surface area (Å²) in [6, 6.07) is 16.7. The van der Waals surface area contributed by atoms with Crippen LogP contribution in [0.4, 0.5) is 13.2 Å². The van der Waals surface area contributed by atoms with Gasteiger partial charge in [0.2, 0.25) is 0 Å². The van der Waals surface area contributed by atoms with Crippen molar-refractivity contribution >= 4 is 12.2 Å². The fourth-order valence-electron chi connectivity index (χ4n) is 2.57. The number of hydrogen-bond donors (Lipinski definition) is 2. The third-order valence-corrected chi connectivity index (χ3v) is 4.04. The van der Waals surface area contributed by atoms with E-state index in [-0.39, 0.29) is 11.1 Å². The van der Waals surface area contributed by atoms with Crippen molar-refractivity contribution in [1.82, 2.24) is 4.98 Å². The fraction of sp³-hybridized carbons (Fsp3) is 0.136. The number of aryl methyl sites for hydroxylation is 1. The SMILES string of the molecule is Cc1cc(C(F)(F)CF)ccn1.N/N=C/c1cccc(-c2cccc(C(=O)O)c2)c1. The molecular formula is C22H20F3N3O2. The third kappa shape index (κ3) is 6.16. The molecule has 30 heavy (non-hydrogen) atoms. The number of benzene rings is 2. The maximum Gasteiger partial charge on any atom is 0.335 e. The Kier molecular flexibility index (Phi) is 7.69. The molecule has 0 saturated carbocycles. The van der Waals surface area contributed by atoms with E-state index in [1.807, 2.05) is 30.3 Å². The van der Waals surface area contributed by atoms with Crippen molar-refractivity contribution in [1.29, 1.82) is 0 Å². The van der Waals surface area contributed by atoms with Crippen LogP contribution < -0.4 is 5.84 Å². The minimum absolute atomic E-state index is 0.269. The summed E-state index contributed by atoms with van der Waals surface area (Å²) >= 11 is 0. The van der Waals surface area contributed by atoms with Gasteiger partial charge in [-0.05, 0) is 53.9 Å². The Bertz CT molecular complexity index is 1040. The average molecular weight is 415 g/mol. The number of pyridine rings is 1. The lowest BCUT2D eigenvalue weighted by molar-refractivity contribution is -0.0282. The number of alkyl halides is 3. The van der Waals surface area contributed by atoms with Gasteiger partial charge in [0.05, 0.1) is 11.8 Å². The van der Waals surface area contributed by atoms with Gasteiger partial charge in [-0.1, -0.05) is 30.3 Å². The molecular weight excluding hydrogens is 395 g/mol. The van der Waals surface area contributed by atoms with E-state index in [4.69, 9.17) is 10.9 Å². The van der Waals surface area contributed by atoms with Gasteiger partial charge in [-0.3, -0.25) is 4.98 Å². The van der Waals surface area contributed by atoms with E-state index in [1.54, 1.807) is 31.3 Å². The molecule has 3 rings (SSSR count). The molecule has 0 aliphatic rings. The number of carboxylic acid groups (broad SMARTS) is 1. The molecule has 0 fully saturated rings. The zero-order valence-corrected chi connectivity index (χ0v) is 16.1. The topological polar surface area (TPSA) is 88.6 Å². The predicted octanol–water partition coefficient (Wildman–Crippen LogP) is 4.80. The first-order valence-corrected chi connectivity index (χ1v) is 8.81. The third-order valence-electron chi connectivity index (χ3n) is 4.04. The number of aromatic nitrogens is 1. The molecule has 0 aliphatic heterocycles. The van der Waals surface area contributed by atoms with Crippen molar-refractivity contribution < 1.29 is 23.1 Å². The van der Waals surface area contributed by atoms with E-state index in [9.17, 15) is 18.0 Å². The highest BCUT2D eigenvalue weighted by atomic mass is 19.3. The maximum atomic E-state index is 12.7. The number of nitrogens with two attached hydrogens (primary N) is 1. The smallest absolute Gasteiger partial charge is 0.335 e. The number of carbonyl (C=O) groups is 1. The van der Waals surface area contributed by atoms with Gasteiger partial charge in [0.25, 0.3) is 0 Å². The summed E-state index contributed by atoms with van der Waals surface area (Å²) < 4.78 is 37.1. The quantitative estimate of drug-likeness (QED) is 0.356. The highest BCUT2D eigenvalue weighted by Gasteiger charge is 2.31. The molecule has 0 spiro atoms. The standard InChI is InChI=1S/C14H12N2O2.C8H8F3N/c15-16-9-10-3-1-4-11(7-10)12-5-2-6-13(8-12)14(17)18;1-6-4-7(2-3-12-6)8(10,11)5-9/h1-9H,15H2,(H,17,18);2-4H,5H2,1H3/b16-9+;. The number of rotatable bonds is 5. The molecule has 8 heteroatoms. The van der Waals surface area contributed by atoms with Crippen molar-refractivity contribution in [2.24, 2.45) is 10.9 Å². The van der Waals surface area contributed by atoms with Crippen LogP contribution in [0.15, 0.2) is 72.0 Å². The molecule has 0 aliphatic carbocycles. The summed E-state index contributed by atoms with van der Waals surface area (Å²) in [4.78, 5) is 14.6. The lowest BCUT2D eigenvalue weighted by atomic mass is 10.0. The highest BCUT2D eigenvalue weighted by molar-refractivity contribution is 5.90. The Labute approximate surface area is 171 Å². The van der Waals surface area contributed by atoms with Crippen LogP contribution in [0, 0.1) is 6.92 Å². The largest absolute Gasteiger partial charge is 0.478 e. The van der Waals surface area contributed by atoms with E-state index >= 15 is 0 Å². The van der Waals surface area contributed by atoms with Crippen molar-refractivity contribution in [3.63, 3.8) is 0 Å². The van der Waals surface area contributed by atoms with Gasteiger partial charge in [0.15, 0.2) is 6.67 Å². The van der Waals surface area contributed by atoms with Crippen LogP contribution >= 0.6 is 0 Å². The monoisotopic (exact) mass is 415 g/mol. The number of hydrazone groups is 1. The molecule has 1 aromatic heterocycles. The summed E-state index contributed by atoms with van der Waals surface area (Å²) in [5, 5.41) is 12.4. The lowest BCUT2D eigenvalue weighted by Crippen LogP contribution is -2.15. The molecule has 3 N–H and O–H groups in total. The van der Waals surface area contributed by atoms with E-state index < -0.39 is 18.6 Å². The molecule has 0 unspecified atom stereocenters. The van der Waals surface area contributed by atoms with Crippen LogP contribution in [-0.2, 0) is 5.92 Å². The van der Waals surface area contributed by atoms with Crippen molar-refractivity contribution in [2.45, 2.75) is 12.8 Å². The van der Waals surface area contributed by atoms with Crippen LogP contribution in [0.5, 0.6) is 0 Å². The first-order valence-electron chi connectivity index (χ1n) is 8.81. The molecule has 2 aromatic carbocycles. The van der Waals surface area contributed by atoms with Crippen molar-refractivity contribution in [2.75, 3.05) is 6.67 Å². The Balaban J connectivity index is 0.000000232. The summed E-state index contributed by atoms with van der Waals surface area (Å²) in [6.07, 6.45) is 2.79. The van der Waals surface area contributed by atoms with Crippen LogP contribution in [0.2, 0.25) is 0 Å². The second-order valence-electron chi connectivity index (χ2n) is 6.31. The second-order valence-corrected chi connectivity index (χ2v) is 6.31. The average Bonchev–Trinajstić information content (AvgIpc) is 2.75. The molecule has 156 valence electrons. The van der Waals surface area contributed by atoms with E-state index in [2.05, 4.69) is 10.1 Å². The molecule has 1 heterocycles. The van der Waals surface area contributed by atoms with E-state index in [0.717, 1.165) is 22.8 Å². The zero-order chi connectivity index (χ0) is 22.1. The Morgan fingerprint density at radius 2 is 1.80 bits per heavy atom. The first-order chi connectivity index (χ1) is 14.3. The lowest BCUT2D eigenvalue weighted by Gasteiger charge is -2.11. The van der Waals surface area contributed by atoms with Crippen LogP contribution in [0.25, 0.3) is 11.1 Å². The minimum atomic E-state index is -3.38. The number of aromatic carboxylic acids is 1. The summed E-state index contributed by atoms with van der Waals surface area (Å²) in [5.41, 5.74) is 3.05. The number of nitrogens with zero attached hydrogens (tertiary/aromatic N) is 2. The minimum Gasteiger partial charge on any atom is -0.478 e. The molecule has 0 bridgehead atoms. The van der Waals surface area contributed by atoms with Crippen molar-refractivity contribution in [3.05, 3.63) is 89.2 Å². The molecule has 0 radical (unpaired) electrons. The van der Waals surface area contributed by atoms with Gasteiger partial charge in [0, 0.05) is 17.5 Å². The van der Waals surface area contributed by atoms with E-state index in [1.165, 1.54) is 12.3 Å². The number of halogens is 3. The number of carboxylic acids is 1. The highest BCUT2D eigenvalue weighted by Crippen LogP contribution is 2.28. The van der Waals surface area contributed by atoms with Gasteiger partial charge in [-0.2, -0.15) is 13.9 Å². The van der Waals surface area contributed by atoms with Gasteiger partial charge in [0.1, 0.15) is 0 Å². The number of hydrogen-bond acceptors (Lipinski definition) is 4. The van der Waals surface area contributed by atoms with Gasteiger partial charge in [-0.25, -0.2) is 9.18 Å².